The van der Waals surface area contributed by atoms with E-state index in [0.29, 0.717) is 19.3 Å². The quantitative estimate of drug-likeness (QED) is 0.637. The molecular weight excluding hydrogens is 396 g/mol. The van der Waals surface area contributed by atoms with Crippen molar-refractivity contribution >= 4 is 11.6 Å². The van der Waals surface area contributed by atoms with Crippen LogP contribution in [0.1, 0.15) is 22.7 Å². The van der Waals surface area contributed by atoms with Gasteiger partial charge in [0.25, 0.3) is 0 Å². The number of halogens is 7. The van der Waals surface area contributed by atoms with Gasteiger partial charge in [-0.3, -0.25) is 4.39 Å². The van der Waals surface area contributed by atoms with Crippen LogP contribution < -0.4 is 5.73 Å². The standard InChI is InChI=1S/C9H11ClFNO.C8H6F4.CH3F/c1-13-5-9(12)6-2-3-8(11)7(10)4-6;1-5-2-3-7(9)6(4-5)8(10,11)12;1-2/h2-4,9H,5,12H2,1H3;2-4H,1H3;1H3. The van der Waals surface area contributed by atoms with E-state index in [1.165, 1.54) is 25.1 Å². The summed E-state index contributed by atoms with van der Waals surface area (Å²) in [5.41, 5.74) is 5.68. The summed E-state index contributed by atoms with van der Waals surface area (Å²) in [6, 6.07) is 7.06. The molecule has 0 amide bonds. The minimum absolute atomic E-state index is 0.0871. The second-order valence-electron chi connectivity index (χ2n) is 5.22. The Morgan fingerprint density at radius 3 is 2.04 bits per heavy atom. The first-order valence-electron chi connectivity index (χ1n) is 7.47. The van der Waals surface area contributed by atoms with Gasteiger partial charge in [0.05, 0.1) is 30.4 Å². The van der Waals surface area contributed by atoms with Gasteiger partial charge in [0.2, 0.25) is 0 Å². The summed E-state index contributed by atoms with van der Waals surface area (Å²) in [6.45, 7) is 1.87. The summed E-state index contributed by atoms with van der Waals surface area (Å²) in [5.74, 6) is -1.66. The molecule has 0 radical (unpaired) electrons. The summed E-state index contributed by atoms with van der Waals surface area (Å²) < 4.78 is 75.6. The van der Waals surface area contributed by atoms with Crippen LogP contribution in [0.2, 0.25) is 5.02 Å². The van der Waals surface area contributed by atoms with E-state index in [4.69, 9.17) is 22.1 Å². The number of methoxy groups -OCH3 is 1. The first-order valence-corrected chi connectivity index (χ1v) is 7.84. The fourth-order valence-corrected chi connectivity index (χ4v) is 2.06. The van der Waals surface area contributed by atoms with Crippen molar-refractivity contribution < 1.29 is 31.1 Å². The number of hydrogen-bond acceptors (Lipinski definition) is 2. The van der Waals surface area contributed by atoms with E-state index in [9.17, 15) is 26.3 Å². The summed E-state index contributed by atoms with van der Waals surface area (Å²) in [5, 5.41) is 0.0871. The maximum atomic E-state index is 12.7. The highest BCUT2D eigenvalue weighted by atomic mass is 35.5. The smallest absolute Gasteiger partial charge is 0.383 e. The molecule has 0 spiro atoms. The van der Waals surface area contributed by atoms with Crippen LogP contribution in [0.3, 0.4) is 0 Å². The molecule has 0 aliphatic carbocycles. The van der Waals surface area contributed by atoms with Crippen molar-refractivity contribution in [2.75, 3.05) is 20.9 Å². The molecule has 0 aromatic heterocycles. The summed E-state index contributed by atoms with van der Waals surface area (Å²) in [7, 11) is 2.06. The van der Waals surface area contributed by atoms with Gasteiger partial charge in [-0.1, -0.05) is 29.3 Å². The van der Waals surface area contributed by atoms with Crippen molar-refractivity contribution in [3.05, 3.63) is 69.7 Å². The van der Waals surface area contributed by atoms with Gasteiger partial charge in [0, 0.05) is 7.11 Å². The van der Waals surface area contributed by atoms with Crippen LogP contribution in [-0.4, -0.2) is 20.9 Å². The normalized spacial score (nSPS) is 11.7. The third kappa shape index (κ3) is 8.64. The van der Waals surface area contributed by atoms with Crippen molar-refractivity contribution in [2.24, 2.45) is 5.73 Å². The summed E-state index contributed by atoms with van der Waals surface area (Å²) in [6.07, 6.45) is -4.60. The summed E-state index contributed by atoms with van der Waals surface area (Å²) >= 11 is 5.59. The van der Waals surface area contributed by atoms with Crippen LogP contribution in [-0.2, 0) is 10.9 Å². The lowest BCUT2D eigenvalue weighted by Gasteiger charge is -2.10. The topological polar surface area (TPSA) is 35.2 Å². The van der Waals surface area contributed by atoms with E-state index in [1.807, 2.05) is 0 Å². The van der Waals surface area contributed by atoms with Crippen LogP contribution >= 0.6 is 11.6 Å². The second kappa shape index (κ2) is 11.8. The van der Waals surface area contributed by atoms with Crippen molar-refractivity contribution in [3.63, 3.8) is 0 Å². The number of rotatable bonds is 3. The lowest BCUT2D eigenvalue weighted by atomic mass is 10.1. The molecule has 0 fully saturated rings. The molecule has 2 rings (SSSR count). The molecule has 0 saturated heterocycles. The zero-order chi connectivity index (χ0) is 21.2. The SMILES string of the molecule is CF.COCC(N)c1ccc(F)c(Cl)c1.Cc1ccc(F)c(C(F)(F)F)c1. The van der Waals surface area contributed by atoms with Crippen molar-refractivity contribution in [3.8, 4) is 0 Å². The lowest BCUT2D eigenvalue weighted by molar-refractivity contribution is -0.140. The van der Waals surface area contributed by atoms with Crippen molar-refractivity contribution in [1.29, 1.82) is 0 Å². The van der Waals surface area contributed by atoms with Gasteiger partial charge >= 0.3 is 6.18 Å². The molecule has 2 N–H and O–H groups in total. The van der Waals surface area contributed by atoms with Gasteiger partial charge in [-0.05, 0) is 36.8 Å². The van der Waals surface area contributed by atoms with E-state index in [0.717, 1.165) is 17.7 Å². The fourth-order valence-electron chi connectivity index (χ4n) is 1.88. The third-order valence-electron chi connectivity index (χ3n) is 3.15. The Hall–Kier alpha value is -1.77. The number of nitrogens with two attached hydrogens (primary N) is 1. The molecule has 1 atom stereocenters. The number of aryl methyl sites for hydroxylation is 1. The van der Waals surface area contributed by atoms with Crippen molar-refractivity contribution in [2.45, 2.75) is 19.1 Å². The minimum atomic E-state index is -4.60. The predicted octanol–water partition coefficient (Wildman–Crippen LogP) is 5.86. The highest BCUT2D eigenvalue weighted by Gasteiger charge is 2.33. The number of benzene rings is 2. The van der Waals surface area contributed by atoms with Crippen LogP contribution in [0.5, 0.6) is 0 Å². The van der Waals surface area contributed by atoms with Crippen LogP contribution in [0, 0.1) is 18.6 Å². The first kappa shape index (κ1) is 25.2. The van der Waals surface area contributed by atoms with Gasteiger partial charge in [-0.15, -0.1) is 0 Å². The molecule has 0 aliphatic heterocycles. The maximum absolute atomic E-state index is 12.7. The lowest BCUT2D eigenvalue weighted by Crippen LogP contribution is -2.16. The van der Waals surface area contributed by atoms with E-state index >= 15 is 0 Å². The average Bonchev–Trinajstić information content (AvgIpc) is 2.61. The van der Waals surface area contributed by atoms with Crippen LogP contribution in [0.25, 0.3) is 0 Å². The number of hydrogen-bond donors (Lipinski definition) is 1. The molecule has 2 aromatic rings. The zero-order valence-corrected chi connectivity index (χ0v) is 15.6. The molecule has 27 heavy (non-hydrogen) atoms. The minimum Gasteiger partial charge on any atom is -0.383 e. The molecule has 1 unspecified atom stereocenters. The van der Waals surface area contributed by atoms with Gasteiger partial charge < -0.3 is 10.5 Å². The molecule has 0 aliphatic rings. The monoisotopic (exact) mass is 415 g/mol. The Kier molecular flexibility index (Phi) is 11.1. The molecule has 2 aromatic carbocycles. The van der Waals surface area contributed by atoms with Crippen molar-refractivity contribution in [1.82, 2.24) is 0 Å². The Morgan fingerprint density at radius 1 is 1.04 bits per heavy atom. The van der Waals surface area contributed by atoms with E-state index in [1.54, 1.807) is 13.2 Å². The molecule has 0 saturated carbocycles. The Bertz CT molecular complexity index is 709. The molecule has 2 nitrogen and oxygen atoms in total. The molecule has 9 heteroatoms. The highest BCUT2D eigenvalue weighted by molar-refractivity contribution is 6.30. The summed E-state index contributed by atoms with van der Waals surface area (Å²) in [4.78, 5) is 0. The zero-order valence-electron chi connectivity index (χ0n) is 14.9. The van der Waals surface area contributed by atoms with Gasteiger partial charge in [-0.25, -0.2) is 8.78 Å². The predicted molar refractivity (Wildman–Crippen MR) is 93.4 cm³/mol. The van der Waals surface area contributed by atoms with Crippen LogP contribution in [0.15, 0.2) is 36.4 Å². The Balaban J connectivity index is 0.000000460. The Labute approximate surface area is 158 Å². The molecular formula is C18H20ClF6NO. The first-order chi connectivity index (χ1) is 12.6. The highest BCUT2D eigenvalue weighted by Crippen LogP contribution is 2.31. The van der Waals surface area contributed by atoms with E-state index in [-0.39, 0.29) is 11.1 Å². The Morgan fingerprint density at radius 2 is 1.59 bits per heavy atom. The van der Waals surface area contributed by atoms with Gasteiger partial charge in [0.15, 0.2) is 0 Å². The number of ether oxygens (including phenoxy) is 1. The molecule has 0 heterocycles. The van der Waals surface area contributed by atoms with Crippen LogP contribution in [0.4, 0.5) is 26.3 Å². The van der Waals surface area contributed by atoms with E-state index < -0.39 is 23.4 Å². The number of alkyl halides is 4. The average molecular weight is 416 g/mol. The second-order valence-corrected chi connectivity index (χ2v) is 5.62. The third-order valence-corrected chi connectivity index (χ3v) is 3.43. The van der Waals surface area contributed by atoms with Gasteiger partial charge in [0.1, 0.15) is 11.6 Å². The maximum Gasteiger partial charge on any atom is 0.419 e. The fraction of sp³-hybridized carbons (Fsp3) is 0.333. The largest absolute Gasteiger partial charge is 0.419 e. The van der Waals surface area contributed by atoms with Gasteiger partial charge in [-0.2, -0.15) is 13.2 Å². The van der Waals surface area contributed by atoms with E-state index in [2.05, 4.69) is 0 Å². The molecule has 0 bridgehead atoms. The molecule has 152 valence electrons.